The summed E-state index contributed by atoms with van der Waals surface area (Å²) in [5, 5.41) is 0.843. The molecule has 2 amide bonds. The average molecular weight is 282 g/mol. The SMILES string of the molecule is CC(=O)N1CCN(C(=O)CSc2nccn2C)CC1. The Morgan fingerprint density at radius 1 is 1.26 bits per heavy atom. The van der Waals surface area contributed by atoms with Crippen molar-refractivity contribution in [1.82, 2.24) is 19.4 Å². The fourth-order valence-electron chi connectivity index (χ4n) is 1.98. The van der Waals surface area contributed by atoms with Gasteiger partial charge in [-0.3, -0.25) is 9.59 Å². The normalized spacial score (nSPS) is 15.7. The number of amides is 2. The lowest BCUT2D eigenvalue weighted by atomic mass is 10.3. The van der Waals surface area contributed by atoms with Gasteiger partial charge in [0.1, 0.15) is 0 Å². The summed E-state index contributed by atoms with van der Waals surface area (Å²) in [6, 6.07) is 0. The molecule has 0 unspecified atom stereocenters. The van der Waals surface area contributed by atoms with Gasteiger partial charge in [-0.2, -0.15) is 0 Å². The van der Waals surface area contributed by atoms with E-state index in [1.54, 1.807) is 18.0 Å². The van der Waals surface area contributed by atoms with Crippen LogP contribution in [0.2, 0.25) is 0 Å². The fraction of sp³-hybridized carbons (Fsp3) is 0.583. The minimum atomic E-state index is 0.0782. The van der Waals surface area contributed by atoms with Crippen molar-refractivity contribution in [2.24, 2.45) is 7.05 Å². The standard InChI is InChI=1S/C12H18N4O2S/c1-10(17)15-5-7-16(8-6-15)11(18)9-19-12-13-3-4-14(12)2/h3-4H,5-9H2,1-2H3. The van der Waals surface area contributed by atoms with Crippen LogP contribution in [-0.4, -0.2) is 63.1 Å². The third-order valence-corrected chi connectivity index (χ3v) is 4.22. The number of piperazine rings is 1. The molecule has 0 bridgehead atoms. The van der Waals surface area contributed by atoms with E-state index in [-0.39, 0.29) is 11.8 Å². The highest BCUT2D eigenvalue weighted by molar-refractivity contribution is 7.99. The smallest absolute Gasteiger partial charge is 0.233 e. The summed E-state index contributed by atoms with van der Waals surface area (Å²) in [5.74, 6) is 0.580. The minimum Gasteiger partial charge on any atom is -0.339 e. The van der Waals surface area contributed by atoms with Gasteiger partial charge in [-0.15, -0.1) is 0 Å². The largest absolute Gasteiger partial charge is 0.339 e. The monoisotopic (exact) mass is 282 g/mol. The summed E-state index contributed by atoms with van der Waals surface area (Å²) in [7, 11) is 1.91. The van der Waals surface area contributed by atoms with Crippen molar-refractivity contribution in [3.63, 3.8) is 0 Å². The van der Waals surface area contributed by atoms with Crippen molar-refractivity contribution >= 4 is 23.6 Å². The van der Waals surface area contributed by atoms with Gasteiger partial charge in [0.25, 0.3) is 0 Å². The Morgan fingerprint density at radius 3 is 2.42 bits per heavy atom. The first-order chi connectivity index (χ1) is 9.08. The lowest BCUT2D eigenvalue weighted by Crippen LogP contribution is -2.50. The van der Waals surface area contributed by atoms with Gasteiger partial charge in [0, 0.05) is 52.5 Å². The summed E-state index contributed by atoms with van der Waals surface area (Å²) < 4.78 is 1.89. The highest BCUT2D eigenvalue weighted by Crippen LogP contribution is 2.15. The number of aryl methyl sites for hydroxylation is 1. The third kappa shape index (κ3) is 3.50. The van der Waals surface area contributed by atoms with E-state index in [0.29, 0.717) is 31.9 Å². The van der Waals surface area contributed by atoms with E-state index in [1.807, 2.05) is 22.7 Å². The summed E-state index contributed by atoms with van der Waals surface area (Å²) in [6.07, 6.45) is 3.58. The number of thioether (sulfide) groups is 1. The number of nitrogens with zero attached hydrogens (tertiary/aromatic N) is 4. The van der Waals surface area contributed by atoms with E-state index in [1.165, 1.54) is 11.8 Å². The number of rotatable bonds is 3. The summed E-state index contributed by atoms with van der Waals surface area (Å²) in [4.78, 5) is 31.0. The van der Waals surface area contributed by atoms with Gasteiger partial charge in [0.15, 0.2) is 5.16 Å². The first kappa shape index (κ1) is 13.9. The maximum atomic E-state index is 12.0. The molecule has 0 spiro atoms. The Morgan fingerprint density at radius 2 is 1.89 bits per heavy atom. The Bertz CT molecular complexity index is 466. The highest BCUT2D eigenvalue weighted by Gasteiger charge is 2.22. The Kier molecular flexibility index (Phi) is 4.47. The molecule has 1 saturated heterocycles. The van der Waals surface area contributed by atoms with Crippen molar-refractivity contribution in [1.29, 1.82) is 0 Å². The van der Waals surface area contributed by atoms with E-state index < -0.39 is 0 Å². The van der Waals surface area contributed by atoms with Crippen LogP contribution in [0.3, 0.4) is 0 Å². The van der Waals surface area contributed by atoms with Crippen LogP contribution in [0, 0.1) is 0 Å². The molecule has 0 saturated carbocycles. The quantitative estimate of drug-likeness (QED) is 0.743. The number of aromatic nitrogens is 2. The van der Waals surface area contributed by atoms with Crippen molar-refractivity contribution in [2.75, 3.05) is 31.9 Å². The molecule has 104 valence electrons. The van der Waals surface area contributed by atoms with Crippen LogP contribution in [0.5, 0.6) is 0 Å². The molecule has 0 radical (unpaired) electrons. The molecule has 0 aliphatic carbocycles. The predicted octanol–water partition coefficient (Wildman–Crippen LogP) is 0.203. The predicted molar refractivity (Wildman–Crippen MR) is 72.8 cm³/mol. The molecule has 2 rings (SSSR count). The Balaban J connectivity index is 1.79. The van der Waals surface area contributed by atoms with Crippen LogP contribution >= 0.6 is 11.8 Å². The van der Waals surface area contributed by atoms with Crippen molar-refractivity contribution in [3.05, 3.63) is 12.4 Å². The first-order valence-electron chi connectivity index (χ1n) is 6.21. The Hall–Kier alpha value is -1.50. The molecular formula is C12H18N4O2S. The van der Waals surface area contributed by atoms with Gasteiger partial charge in [-0.1, -0.05) is 11.8 Å². The van der Waals surface area contributed by atoms with Gasteiger partial charge in [-0.05, 0) is 0 Å². The summed E-state index contributed by atoms with van der Waals surface area (Å²) in [5.41, 5.74) is 0. The second kappa shape index (κ2) is 6.10. The van der Waals surface area contributed by atoms with Gasteiger partial charge in [0.05, 0.1) is 5.75 Å². The molecule has 0 atom stereocenters. The zero-order valence-electron chi connectivity index (χ0n) is 11.2. The van der Waals surface area contributed by atoms with Crippen LogP contribution in [0.15, 0.2) is 17.6 Å². The Labute approximate surface area is 116 Å². The van der Waals surface area contributed by atoms with E-state index in [0.717, 1.165) is 5.16 Å². The number of imidazole rings is 1. The van der Waals surface area contributed by atoms with Gasteiger partial charge >= 0.3 is 0 Å². The average Bonchev–Trinajstić information content (AvgIpc) is 2.81. The van der Waals surface area contributed by atoms with Crippen LogP contribution in [0.1, 0.15) is 6.92 Å². The van der Waals surface area contributed by atoms with E-state index in [2.05, 4.69) is 4.98 Å². The van der Waals surface area contributed by atoms with Crippen LogP contribution in [0.25, 0.3) is 0 Å². The van der Waals surface area contributed by atoms with Gasteiger partial charge in [-0.25, -0.2) is 4.98 Å². The maximum Gasteiger partial charge on any atom is 0.233 e. The van der Waals surface area contributed by atoms with Crippen molar-refractivity contribution in [2.45, 2.75) is 12.1 Å². The van der Waals surface area contributed by atoms with Crippen LogP contribution in [0.4, 0.5) is 0 Å². The second-order valence-electron chi connectivity index (χ2n) is 4.50. The van der Waals surface area contributed by atoms with Gasteiger partial charge in [0.2, 0.25) is 11.8 Å². The number of hydrogen-bond donors (Lipinski definition) is 0. The fourth-order valence-corrected chi connectivity index (χ4v) is 2.81. The molecule has 0 aromatic carbocycles. The van der Waals surface area contributed by atoms with Gasteiger partial charge < -0.3 is 14.4 Å². The summed E-state index contributed by atoms with van der Waals surface area (Å²) in [6.45, 7) is 4.08. The van der Waals surface area contributed by atoms with E-state index in [4.69, 9.17) is 0 Å². The van der Waals surface area contributed by atoms with E-state index >= 15 is 0 Å². The molecule has 1 aliphatic heterocycles. The molecule has 2 heterocycles. The second-order valence-corrected chi connectivity index (χ2v) is 5.44. The molecule has 6 nitrogen and oxygen atoms in total. The van der Waals surface area contributed by atoms with Crippen LogP contribution in [-0.2, 0) is 16.6 Å². The first-order valence-corrected chi connectivity index (χ1v) is 7.20. The maximum absolute atomic E-state index is 12.0. The molecule has 0 N–H and O–H groups in total. The molecule has 1 aromatic rings. The zero-order chi connectivity index (χ0) is 13.8. The zero-order valence-corrected chi connectivity index (χ0v) is 12.0. The molecule has 1 aromatic heterocycles. The number of carbonyl (C=O) groups excluding carboxylic acids is 2. The van der Waals surface area contributed by atoms with Crippen LogP contribution < -0.4 is 0 Å². The summed E-state index contributed by atoms with van der Waals surface area (Å²) >= 11 is 1.44. The topological polar surface area (TPSA) is 58.4 Å². The molecular weight excluding hydrogens is 264 g/mol. The minimum absolute atomic E-state index is 0.0782. The van der Waals surface area contributed by atoms with E-state index in [9.17, 15) is 9.59 Å². The molecule has 19 heavy (non-hydrogen) atoms. The number of hydrogen-bond acceptors (Lipinski definition) is 4. The molecule has 7 heteroatoms. The number of carbonyl (C=O) groups is 2. The lowest BCUT2D eigenvalue weighted by molar-refractivity contribution is -0.136. The van der Waals surface area contributed by atoms with Crippen molar-refractivity contribution < 1.29 is 9.59 Å². The third-order valence-electron chi connectivity index (χ3n) is 3.18. The van der Waals surface area contributed by atoms with Crippen molar-refractivity contribution in [3.8, 4) is 0 Å². The molecule has 1 fully saturated rings. The molecule has 1 aliphatic rings. The highest BCUT2D eigenvalue weighted by atomic mass is 32.2. The lowest BCUT2D eigenvalue weighted by Gasteiger charge is -2.34.